The van der Waals surface area contributed by atoms with Crippen LogP contribution < -0.4 is 10.2 Å². The molecule has 0 atom stereocenters. The quantitative estimate of drug-likeness (QED) is 0.795. The highest BCUT2D eigenvalue weighted by Gasteiger charge is 2.09. The third-order valence-corrected chi connectivity index (χ3v) is 2.51. The predicted molar refractivity (Wildman–Crippen MR) is 63.3 cm³/mol. The Bertz CT molecular complexity index is 298. The molecule has 1 saturated heterocycles. The summed E-state index contributed by atoms with van der Waals surface area (Å²) in [6.07, 6.45) is 1.12. The summed E-state index contributed by atoms with van der Waals surface area (Å²) in [4.78, 5) is 2.23. The number of hydrogen-bond acceptors (Lipinski definition) is 2. The monoisotopic (exact) mass is 230 g/mol. The van der Waals surface area contributed by atoms with Gasteiger partial charge in [-0.1, -0.05) is 6.07 Å². The second-order valence-corrected chi connectivity index (χ2v) is 3.57. The first kappa shape index (κ1) is 12.3. The second kappa shape index (κ2) is 5.93. The van der Waals surface area contributed by atoms with Gasteiger partial charge in [0.1, 0.15) is 5.82 Å². The first-order chi connectivity index (χ1) is 6.86. The summed E-state index contributed by atoms with van der Waals surface area (Å²) in [7, 11) is 0. The highest BCUT2D eigenvalue weighted by molar-refractivity contribution is 5.85. The molecule has 1 aliphatic heterocycles. The number of anilines is 1. The van der Waals surface area contributed by atoms with E-state index in [0.717, 1.165) is 38.3 Å². The van der Waals surface area contributed by atoms with Crippen LogP contribution in [0.15, 0.2) is 24.3 Å². The van der Waals surface area contributed by atoms with Gasteiger partial charge in [0, 0.05) is 25.3 Å². The Hall–Kier alpha value is -0.800. The maximum atomic E-state index is 13.0. The summed E-state index contributed by atoms with van der Waals surface area (Å²) >= 11 is 0. The van der Waals surface area contributed by atoms with Crippen LogP contribution >= 0.6 is 12.4 Å². The van der Waals surface area contributed by atoms with Gasteiger partial charge in [-0.15, -0.1) is 12.4 Å². The molecule has 1 heterocycles. The molecule has 1 aromatic carbocycles. The molecule has 15 heavy (non-hydrogen) atoms. The maximum absolute atomic E-state index is 13.0. The van der Waals surface area contributed by atoms with Gasteiger partial charge in [-0.3, -0.25) is 0 Å². The topological polar surface area (TPSA) is 15.3 Å². The molecular formula is C11H16ClFN2. The molecule has 0 spiro atoms. The van der Waals surface area contributed by atoms with E-state index in [1.807, 2.05) is 6.07 Å². The van der Waals surface area contributed by atoms with E-state index in [9.17, 15) is 4.39 Å². The zero-order valence-electron chi connectivity index (χ0n) is 8.58. The molecule has 0 bridgehead atoms. The van der Waals surface area contributed by atoms with Crippen molar-refractivity contribution in [2.24, 2.45) is 0 Å². The van der Waals surface area contributed by atoms with Gasteiger partial charge in [0.2, 0.25) is 0 Å². The molecular weight excluding hydrogens is 215 g/mol. The van der Waals surface area contributed by atoms with Gasteiger partial charge >= 0.3 is 0 Å². The van der Waals surface area contributed by atoms with Crippen molar-refractivity contribution in [1.29, 1.82) is 0 Å². The molecule has 2 rings (SSSR count). The van der Waals surface area contributed by atoms with Crippen molar-refractivity contribution in [3.8, 4) is 0 Å². The summed E-state index contributed by atoms with van der Waals surface area (Å²) in [5, 5.41) is 3.33. The van der Waals surface area contributed by atoms with Crippen LogP contribution in [0.2, 0.25) is 0 Å². The average molecular weight is 231 g/mol. The average Bonchev–Trinajstić information content (AvgIpc) is 2.45. The van der Waals surface area contributed by atoms with E-state index in [4.69, 9.17) is 0 Å². The lowest BCUT2D eigenvalue weighted by Gasteiger charge is -2.22. The summed E-state index contributed by atoms with van der Waals surface area (Å²) in [5.41, 5.74) is 0.994. The normalized spacial score (nSPS) is 16.7. The number of halogens is 2. The summed E-state index contributed by atoms with van der Waals surface area (Å²) < 4.78 is 13.0. The van der Waals surface area contributed by atoms with Crippen molar-refractivity contribution >= 4 is 18.1 Å². The smallest absolute Gasteiger partial charge is 0.125 e. The number of nitrogens with one attached hydrogen (secondary N) is 1. The molecule has 84 valence electrons. The Morgan fingerprint density at radius 2 is 2.07 bits per heavy atom. The van der Waals surface area contributed by atoms with Crippen molar-refractivity contribution in [1.82, 2.24) is 5.32 Å². The standard InChI is InChI=1S/C11H15FN2.ClH/c12-10-3-1-4-11(9-10)14-7-2-5-13-6-8-14;/h1,3-4,9,13H,2,5-8H2;1H. The molecule has 0 radical (unpaired) electrons. The Morgan fingerprint density at radius 1 is 1.20 bits per heavy atom. The van der Waals surface area contributed by atoms with Gasteiger partial charge in [-0.2, -0.15) is 0 Å². The Morgan fingerprint density at radius 3 is 2.87 bits per heavy atom. The molecule has 4 heteroatoms. The van der Waals surface area contributed by atoms with E-state index < -0.39 is 0 Å². The number of nitrogens with zero attached hydrogens (tertiary/aromatic N) is 1. The van der Waals surface area contributed by atoms with Crippen molar-refractivity contribution < 1.29 is 4.39 Å². The highest BCUT2D eigenvalue weighted by Crippen LogP contribution is 2.15. The zero-order chi connectivity index (χ0) is 9.80. The maximum Gasteiger partial charge on any atom is 0.125 e. The van der Waals surface area contributed by atoms with E-state index in [1.54, 1.807) is 12.1 Å². The van der Waals surface area contributed by atoms with Gasteiger partial charge in [0.15, 0.2) is 0 Å². The first-order valence-corrected chi connectivity index (χ1v) is 5.07. The fraction of sp³-hybridized carbons (Fsp3) is 0.455. The van der Waals surface area contributed by atoms with Gasteiger partial charge in [-0.05, 0) is 31.2 Å². The van der Waals surface area contributed by atoms with E-state index in [0.29, 0.717) is 0 Å². The fourth-order valence-corrected chi connectivity index (χ4v) is 1.78. The second-order valence-electron chi connectivity index (χ2n) is 3.57. The van der Waals surface area contributed by atoms with Crippen LogP contribution in [0, 0.1) is 5.82 Å². The van der Waals surface area contributed by atoms with Crippen molar-refractivity contribution in [2.75, 3.05) is 31.1 Å². The van der Waals surface area contributed by atoms with Crippen LogP contribution in [0.4, 0.5) is 10.1 Å². The molecule has 0 saturated carbocycles. The van der Waals surface area contributed by atoms with Gasteiger partial charge in [0.05, 0.1) is 0 Å². The summed E-state index contributed by atoms with van der Waals surface area (Å²) in [6, 6.07) is 6.82. The van der Waals surface area contributed by atoms with Crippen LogP contribution in [0.1, 0.15) is 6.42 Å². The summed E-state index contributed by atoms with van der Waals surface area (Å²) in [6.45, 7) is 4.02. The molecule has 1 fully saturated rings. The third-order valence-electron chi connectivity index (χ3n) is 2.51. The fourth-order valence-electron chi connectivity index (χ4n) is 1.78. The van der Waals surface area contributed by atoms with Crippen molar-refractivity contribution in [3.05, 3.63) is 30.1 Å². The molecule has 0 unspecified atom stereocenters. The summed E-state index contributed by atoms with van der Waals surface area (Å²) in [5.74, 6) is -0.153. The lowest BCUT2D eigenvalue weighted by Crippen LogP contribution is -2.27. The van der Waals surface area contributed by atoms with Crippen LogP contribution in [0.25, 0.3) is 0 Å². The molecule has 0 aromatic heterocycles. The molecule has 1 aliphatic rings. The highest BCUT2D eigenvalue weighted by atomic mass is 35.5. The van der Waals surface area contributed by atoms with E-state index in [-0.39, 0.29) is 18.2 Å². The number of hydrogen-bond donors (Lipinski definition) is 1. The first-order valence-electron chi connectivity index (χ1n) is 5.07. The third kappa shape index (κ3) is 3.36. The lowest BCUT2D eigenvalue weighted by atomic mass is 10.2. The predicted octanol–water partition coefficient (Wildman–Crippen LogP) is 2.05. The van der Waals surface area contributed by atoms with Crippen LogP contribution in [0.3, 0.4) is 0 Å². The Balaban J connectivity index is 0.00000112. The van der Waals surface area contributed by atoms with E-state index >= 15 is 0 Å². The largest absolute Gasteiger partial charge is 0.370 e. The van der Waals surface area contributed by atoms with Gasteiger partial charge < -0.3 is 10.2 Å². The lowest BCUT2D eigenvalue weighted by molar-refractivity contribution is 0.626. The molecule has 0 amide bonds. The number of benzene rings is 1. The van der Waals surface area contributed by atoms with E-state index in [2.05, 4.69) is 10.2 Å². The Kier molecular flexibility index (Phi) is 4.85. The Labute approximate surface area is 95.9 Å². The van der Waals surface area contributed by atoms with Crippen LogP contribution in [-0.2, 0) is 0 Å². The van der Waals surface area contributed by atoms with Crippen LogP contribution in [-0.4, -0.2) is 26.2 Å². The van der Waals surface area contributed by atoms with Gasteiger partial charge in [-0.25, -0.2) is 4.39 Å². The number of rotatable bonds is 1. The molecule has 0 aliphatic carbocycles. The molecule has 1 aromatic rings. The molecule has 2 nitrogen and oxygen atoms in total. The van der Waals surface area contributed by atoms with Crippen molar-refractivity contribution in [2.45, 2.75) is 6.42 Å². The van der Waals surface area contributed by atoms with Crippen molar-refractivity contribution in [3.63, 3.8) is 0 Å². The molecule has 1 N–H and O–H groups in total. The minimum atomic E-state index is -0.153. The van der Waals surface area contributed by atoms with Gasteiger partial charge in [0.25, 0.3) is 0 Å². The zero-order valence-corrected chi connectivity index (χ0v) is 9.39. The van der Waals surface area contributed by atoms with Crippen LogP contribution in [0.5, 0.6) is 0 Å². The minimum Gasteiger partial charge on any atom is -0.370 e. The SMILES string of the molecule is Cl.Fc1cccc(N2CCCNCC2)c1. The van der Waals surface area contributed by atoms with E-state index in [1.165, 1.54) is 6.07 Å². The minimum absolute atomic E-state index is 0.